The lowest BCUT2D eigenvalue weighted by molar-refractivity contribution is 0.499. The molecule has 0 aliphatic carbocycles. The Balaban J connectivity index is 0.000000490. The minimum Gasteiger partial charge on any atom is -0.412 e. The van der Waals surface area contributed by atoms with Crippen LogP contribution in [0.4, 0.5) is 0 Å². The van der Waals surface area contributed by atoms with Gasteiger partial charge in [0.15, 0.2) is 0 Å². The molecular weight excluding hydrogens is 129 g/mol. The van der Waals surface area contributed by atoms with E-state index in [-0.39, 0.29) is 5.48 Å². The van der Waals surface area contributed by atoms with Gasteiger partial charge in [0.1, 0.15) is 5.99 Å². The zero-order valence-electron chi connectivity index (χ0n) is 3.87. The van der Waals surface area contributed by atoms with Gasteiger partial charge in [-0.3, -0.25) is 0 Å². The van der Waals surface area contributed by atoms with Crippen LogP contribution in [0.25, 0.3) is 0 Å². The highest BCUT2D eigenvalue weighted by Gasteiger charge is 1.74. The van der Waals surface area contributed by atoms with Crippen molar-refractivity contribution in [2.75, 3.05) is 0 Å². The average Bonchev–Trinajstić information content (AvgIpc) is 1.69. The van der Waals surface area contributed by atoms with Gasteiger partial charge < -0.3 is 9.89 Å². The number of aromatic nitrogens is 1. The van der Waals surface area contributed by atoms with Crippen molar-refractivity contribution in [1.82, 2.24) is 4.98 Å². The lowest BCUT2D eigenvalue weighted by atomic mass is 11.3. The molecule has 8 heavy (non-hydrogen) atoms. The summed E-state index contributed by atoms with van der Waals surface area (Å²) in [5, 5.41) is 0. The van der Waals surface area contributed by atoms with Crippen molar-refractivity contribution >= 4 is 8.19 Å². The topological polar surface area (TPSA) is 74.6 Å². The standard InChI is InChI=1S/C3H2NO2P.H2O/c5-3-4-1-7-2-6-3;/h1-2H;1H2. The number of rotatable bonds is 0. The fourth-order valence-electron chi connectivity index (χ4n) is 0.214. The van der Waals surface area contributed by atoms with Gasteiger partial charge in [-0.15, -0.1) is 0 Å². The summed E-state index contributed by atoms with van der Waals surface area (Å²) >= 11 is 0. The first kappa shape index (κ1) is 7.27. The molecule has 0 atom stereocenters. The SMILES string of the molecule is O.O=c1ncpco1. The zero-order chi connectivity index (χ0) is 5.11. The molecule has 0 amide bonds. The Morgan fingerprint density at radius 3 is 2.75 bits per heavy atom. The van der Waals surface area contributed by atoms with Crippen molar-refractivity contribution in [1.29, 1.82) is 0 Å². The fourth-order valence-corrected chi connectivity index (χ4v) is 0.580. The second kappa shape index (κ2) is 3.29. The van der Waals surface area contributed by atoms with Gasteiger partial charge in [-0.25, -0.2) is 4.79 Å². The first-order valence-electron chi connectivity index (χ1n) is 1.64. The third kappa shape index (κ3) is 1.82. The molecular formula is C3H4NO3P. The quantitative estimate of drug-likeness (QED) is 0.491. The molecule has 0 fully saturated rings. The fraction of sp³-hybridized carbons (Fsp3) is 0. The first-order chi connectivity index (χ1) is 3.39. The van der Waals surface area contributed by atoms with Crippen LogP contribution in [-0.2, 0) is 0 Å². The Bertz CT molecular complexity index is 180. The van der Waals surface area contributed by atoms with Gasteiger partial charge in [-0.2, -0.15) is 4.98 Å². The molecule has 44 valence electrons. The molecule has 1 rings (SSSR count). The normalized spacial score (nSPS) is 8.50. The number of hydrogen-bond donors (Lipinski definition) is 0. The Morgan fingerprint density at radius 2 is 2.50 bits per heavy atom. The summed E-state index contributed by atoms with van der Waals surface area (Å²) in [6, 6.07) is 0. The summed E-state index contributed by atoms with van der Waals surface area (Å²) in [5.74, 6) is 2.33. The van der Waals surface area contributed by atoms with E-state index in [9.17, 15) is 4.79 Å². The molecule has 0 aliphatic heterocycles. The average molecular weight is 133 g/mol. The van der Waals surface area contributed by atoms with E-state index in [2.05, 4.69) is 9.40 Å². The zero-order valence-corrected chi connectivity index (χ0v) is 4.76. The molecule has 0 aromatic carbocycles. The van der Waals surface area contributed by atoms with Crippen LogP contribution < -0.4 is 5.76 Å². The van der Waals surface area contributed by atoms with Crippen molar-refractivity contribution in [2.45, 2.75) is 0 Å². The molecule has 0 spiro atoms. The molecule has 1 heterocycles. The predicted molar refractivity (Wildman–Crippen MR) is 28.9 cm³/mol. The maximum absolute atomic E-state index is 10.0. The summed E-state index contributed by atoms with van der Waals surface area (Å²) in [7, 11) is 0.833. The van der Waals surface area contributed by atoms with Crippen molar-refractivity contribution in [2.24, 2.45) is 0 Å². The summed E-state index contributed by atoms with van der Waals surface area (Å²) in [6.45, 7) is 0. The Morgan fingerprint density at radius 1 is 1.75 bits per heavy atom. The molecule has 0 saturated carbocycles. The van der Waals surface area contributed by atoms with Gasteiger partial charge in [-0.1, -0.05) is 0 Å². The van der Waals surface area contributed by atoms with E-state index in [0.717, 1.165) is 8.19 Å². The predicted octanol–water partition coefficient (Wildman–Crippen LogP) is -0.210. The maximum atomic E-state index is 10.0. The second-order valence-corrected chi connectivity index (χ2v) is 1.62. The third-order valence-corrected chi connectivity index (χ3v) is 0.920. The van der Waals surface area contributed by atoms with Crippen molar-refractivity contribution in [3.63, 3.8) is 0 Å². The van der Waals surface area contributed by atoms with Crippen molar-refractivity contribution in [3.8, 4) is 0 Å². The van der Waals surface area contributed by atoms with Gasteiger partial charge in [0, 0.05) is 0 Å². The first-order valence-corrected chi connectivity index (χ1v) is 2.67. The summed E-state index contributed by atoms with van der Waals surface area (Å²) in [5.41, 5.74) is 0. The van der Waals surface area contributed by atoms with Crippen LogP contribution >= 0.6 is 8.19 Å². The molecule has 2 N–H and O–H groups in total. The van der Waals surface area contributed by atoms with Gasteiger partial charge in [0.05, 0.1) is 5.93 Å². The van der Waals surface area contributed by atoms with E-state index in [1.165, 1.54) is 11.9 Å². The van der Waals surface area contributed by atoms with Crippen LogP contribution in [0.5, 0.6) is 0 Å². The monoisotopic (exact) mass is 133 g/mol. The number of hydrogen-bond acceptors (Lipinski definition) is 3. The van der Waals surface area contributed by atoms with E-state index < -0.39 is 5.76 Å². The molecule has 5 heteroatoms. The lowest BCUT2D eigenvalue weighted by Gasteiger charge is -1.70. The van der Waals surface area contributed by atoms with Crippen LogP contribution in [0.15, 0.2) is 21.1 Å². The second-order valence-electron chi connectivity index (χ2n) is 0.883. The highest BCUT2D eigenvalue weighted by atomic mass is 31.0. The van der Waals surface area contributed by atoms with Gasteiger partial charge >= 0.3 is 5.76 Å². The van der Waals surface area contributed by atoms with Crippen molar-refractivity contribution in [3.05, 3.63) is 22.5 Å². The van der Waals surface area contributed by atoms with Gasteiger partial charge in [0.25, 0.3) is 0 Å². The van der Waals surface area contributed by atoms with Crippen LogP contribution in [0.3, 0.4) is 0 Å². The molecule has 0 bridgehead atoms. The smallest absolute Gasteiger partial charge is 0.412 e. The molecule has 1 aromatic rings. The number of nitrogens with zero attached hydrogens (tertiary/aromatic N) is 1. The molecule has 1 aromatic heterocycles. The summed E-state index contributed by atoms with van der Waals surface area (Å²) in [6.07, 6.45) is 0. The molecule has 0 unspecified atom stereocenters. The largest absolute Gasteiger partial charge is 0.439 e. The molecule has 0 aliphatic rings. The van der Waals surface area contributed by atoms with E-state index >= 15 is 0 Å². The molecule has 0 radical (unpaired) electrons. The highest BCUT2D eigenvalue weighted by molar-refractivity contribution is 7.27. The summed E-state index contributed by atoms with van der Waals surface area (Å²) in [4.78, 5) is 13.3. The van der Waals surface area contributed by atoms with E-state index in [1.54, 1.807) is 0 Å². The Labute approximate surface area is 46.6 Å². The Hall–Kier alpha value is -0.730. The summed E-state index contributed by atoms with van der Waals surface area (Å²) < 4.78 is 4.30. The highest BCUT2D eigenvalue weighted by Crippen LogP contribution is 1.91. The van der Waals surface area contributed by atoms with Gasteiger partial charge in [-0.05, 0) is 8.19 Å². The van der Waals surface area contributed by atoms with E-state index in [0.29, 0.717) is 0 Å². The Kier molecular flexibility index (Phi) is 2.99. The van der Waals surface area contributed by atoms with Crippen molar-refractivity contribution < 1.29 is 9.89 Å². The lowest BCUT2D eigenvalue weighted by Crippen LogP contribution is -1.97. The van der Waals surface area contributed by atoms with Crippen LogP contribution in [0.1, 0.15) is 0 Å². The minimum absolute atomic E-state index is 0. The van der Waals surface area contributed by atoms with Crippen LogP contribution in [0.2, 0.25) is 0 Å². The van der Waals surface area contributed by atoms with E-state index in [1.807, 2.05) is 0 Å². The molecule has 4 nitrogen and oxygen atoms in total. The minimum atomic E-state index is -0.529. The maximum Gasteiger partial charge on any atom is 0.439 e. The van der Waals surface area contributed by atoms with Gasteiger partial charge in [0.2, 0.25) is 0 Å². The third-order valence-electron chi connectivity index (χ3n) is 0.444. The van der Waals surface area contributed by atoms with E-state index in [4.69, 9.17) is 0 Å². The van der Waals surface area contributed by atoms with Crippen LogP contribution in [0, 0.1) is 0 Å². The van der Waals surface area contributed by atoms with Crippen LogP contribution in [-0.4, -0.2) is 10.5 Å². The molecule has 0 saturated heterocycles.